The number of hydrogen-bond donors (Lipinski definition) is 3. The molecule has 2 unspecified atom stereocenters. The predicted octanol–water partition coefficient (Wildman–Crippen LogP) is 3.82. The topological polar surface area (TPSA) is 121 Å². The lowest BCUT2D eigenvalue weighted by Crippen LogP contribution is -2.36. The number of piperidine rings is 1. The molecule has 0 spiro atoms. The number of carbonyl (C=O) groups is 1. The van der Waals surface area contributed by atoms with Crippen molar-refractivity contribution in [3.63, 3.8) is 0 Å². The van der Waals surface area contributed by atoms with E-state index in [1.807, 2.05) is 0 Å². The summed E-state index contributed by atoms with van der Waals surface area (Å²) in [5.74, 6) is -3.20. The summed E-state index contributed by atoms with van der Waals surface area (Å²) in [6.07, 6.45) is 3.40. The molecule has 0 radical (unpaired) electrons. The highest BCUT2D eigenvalue weighted by Gasteiger charge is 2.52. The third kappa shape index (κ3) is 5.96. The van der Waals surface area contributed by atoms with Crippen molar-refractivity contribution in [2.24, 2.45) is 11.3 Å². The van der Waals surface area contributed by atoms with Crippen LogP contribution in [0.4, 0.5) is 25.8 Å². The van der Waals surface area contributed by atoms with Crippen LogP contribution >= 0.6 is 0 Å². The molecule has 1 aromatic carbocycles. The fourth-order valence-corrected chi connectivity index (χ4v) is 6.68. The van der Waals surface area contributed by atoms with Gasteiger partial charge >= 0.3 is 0 Å². The number of hydrogen-bond acceptors (Lipinski definition) is 6. The molecule has 1 aromatic heterocycles. The van der Waals surface area contributed by atoms with Gasteiger partial charge in [0.25, 0.3) is 11.5 Å². The number of anilines is 3. The third-order valence-corrected chi connectivity index (χ3v) is 9.72. The van der Waals surface area contributed by atoms with E-state index in [2.05, 4.69) is 21.9 Å². The monoisotopic (exact) mass is 564 g/mol. The number of rotatable bonds is 8. The number of alkyl halides is 2. The molecule has 2 aromatic rings. The maximum atomic E-state index is 13.6. The Labute approximate surface area is 226 Å². The van der Waals surface area contributed by atoms with Gasteiger partial charge in [-0.1, -0.05) is 6.92 Å². The summed E-state index contributed by atoms with van der Waals surface area (Å²) < 4.78 is 55.6. The number of carbonyl (C=O) groups excluding carboxylic acids is 1. The first kappa shape index (κ1) is 27.6. The number of aliphatic hydroxyl groups is 1. The summed E-state index contributed by atoms with van der Waals surface area (Å²) in [5.41, 5.74) is 1.01. The summed E-state index contributed by atoms with van der Waals surface area (Å²) >= 11 is 0. The molecule has 3 fully saturated rings. The van der Waals surface area contributed by atoms with E-state index in [1.54, 1.807) is 18.3 Å². The summed E-state index contributed by atoms with van der Waals surface area (Å²) in [6.45, 7) is 3.15. The van der Waals surface area contributed by atoms with Crippen LogP contribution in [-0.4, -0.2) is 55.4 Å². The number of pyridine rings is 1. The second-order valence-corrected chi connectivity index (χ2v) is 13.1. The zero-order chi connectivity index (χ0) is 28.0. The van der Waals surface area contributed by atoms with Crippen molar-refractivity contribution in [3.8, 4) is 0 Å². The van der Waals surface area contributed by atoms with Gasteiger partial charge in [-0.15, -0.1) is 0 Å². The maximum absolute atomic E-state index is 13.6. The number of amides is 1. The van der Waals surface area contributed by atoms with Crippen LogP contribution in [0.5, 0.6) is 0 Å². The van der Waals surface area contributed by atoms with Gasteiger partial charge in [0.15, 0.2) is 0 Å². The van der Waals surface area contributed by atoms with Gasteiger partial charge in [0, 0.05) is 38.2 Å². The Hall–Kier alpha value is -2.99. The largest absolute Gasteiger partial charge is 0.395 e. The Bertz CT molecular complexity index is 1420. The third-order valence-electron chi connectivity index (χ3n) is 8.45. The van der Waals surface area contributed by atoms with Gasteiger partial charge in [-0.2, -0.15) is 0 Å². The molecule has 2 aliphatic carbocycles. The van der Waals surface area contributed by atoms with Crippen molar-refractivity contribution in [3.05, 3.63) is 52.4 Å². The van der Waals surface area contributed by atoms with Crippen molar-refractivity contribution < 1.29 is 27.1 Å². The van der Waals surface area contributed by atoms with E-state index >= 15 is 0 Å². The van der Waals surface area contributed by atoms with Gasteiger partial charge in [-0.05, 0) is 67.3 Å². The van der Waals surface area contributed by atoms with Crippen molar-refractivity contribution >= 4 is 33.0 Å². The number of nitrogens with zero attached hydrogens (tertiary/aromatic N) is 2. The average molecular weight is 565 g/mol. The number of aromatic nitrogens is 1. The molecule has 2 atom stereocenters. The number of halogens is 2. The van der Waals surface area contributed by atoms with Crippen molar-refractivity contribution in [1.29, 1.82) is 0 Å². The van der Waals surface area contributed by atoms with Gasteiger partial charge in [0.2, 0.25) is 15.9 Å². The van der Waals surface area contributed by atoms with E-state index in [1.165, 1.54) is 22.8 Å². The molecule has 39 heavy (non-hydrogen) atoms. The van der Waals surface area contributed by atoms with E-state index < -0.39 is 39.8 Å². The maximum Gasteiger partial charge on any atom is 0.274 e. The fraction of sp³-hybridized carbons (Fsp3) is 0.556. The van der Waals surface area contributed by atoms with Crippen LogP contribution in [0, 0.1) is 11.3 Å². The number of sulfonamides is 1. The Morgan fingerprint density at radius 2 is 1.92 bits per heavy atom. The zero-order valence-electron chi connectivity index (χ0n) is 21.8. The molecular formula is C27H34F2N4O5S. The highest BCUT2D eigenvalue weighted by molar-refractivity contribution is 7.92. The van der Waals surface area contributed by atoms with Gasteiger partial charge < -0.3 is 19.9 Å². The van der Waals surface area contributed by atoms with Crippen LogP contribution < -0.4 is 20.5 Å². The normalized spacial score (nSPS) is 24.6. The Balaban J connectivity index is 1.41. The van der Waals surface area contributed by atoms with E-state index in [-0.39, 0.29) is 48.7 Å². The fourth-order valence-electron chi connectivity index (χ4n) is 5.85. The highest BCUT2D eigenvalue weighted by Crippen LogP contribution is 2.58. The summed E-state index contributed by atoms with van der Waals surface area (Å²) in [6, 6.07) is 7.35. The highest BCUT2D eigenvalue weighted by atomic mass is 32.2. The van der Waals surface area contributed by atoms with E-state index in [0.717, 1.165) is 19.4 Å². The lowest BCUT2D eigenvalue weighted by Gasteiger charge is -2.33. The van der Waals surface area contributed by atoms with Gasteiger partial charge in [-0.3, -0.25) is 14.3 Å². The quantitative estimate of drug-likeness (QED) is 0.448. The van der Waals surface area contributed by atoms with E-state index in [9.17, 15) is 26.8 Å². The van der Waals surface area contributed by atoms with E-state index in [0.29, 0.717) is 23.6 Å². The van der Waals surface area contributed by atoms with Crippen LogP contribution in [0.1, 0.15) is 61.8 Å². The van der Waals surface area contributed by atoms with Gasteiger partial charge in [-0.25, -0.2) is 17.2 Å². The zero-order valence-corrected chi connectivity index (χ0v) is 22.6. The summed E-state index contributed by atoms with van der Waals surface area (Å²) in [5, 5.41) is 11.8. The minimum atomic E-state index is -3.76. The molecule has 1 saturated heterocycles. The van der Waals surface area contributed by atoms with Crippen LogP contribution in [0.3, 0.4) is 0 Å². The Kier molecular flexibility index (Phi) is 7.21. The second kappa shape index (κ2) is 10.2. The van der Waals surface area contributed by atoms with Crippen molar-refractivity contribution in [2.75, 3.05) is 40.4 Å². The number of fused-ring (bicyclic) bond motifs is 1. The van der Waals surface area contributed by atoms with E-state index in [4.69, 9.17) is 5.11 Å². The molecule has 3 aliphatic rings. The first-order valence-electron chi connectivity index (χ1n) is 13.3. The molecule has 0 bridgehead atoms. The standard InChI is InChI=1S/C27H34F2N4O5S/c1-26-10-12-32(17-18(26)16-26)23-15-19(31-39(37,38)14-13-34)4-5-21(23)24(35)30-22-3-2-11-33(25(22)36)20-6-8-27(28,29)9-7-20/h2-5,11,15,18,20,31,34H,6-10,12-14,16-17H2,1H3,(H,30,35). The minimum Gasteiger partial charge on any atom is -0.395 e. The lowest BCUT2D eigenvalue weighted by atomic mass is 9.92. The smallest absolute Gasteiger partial charge is 0.274 e. The van der Waals surface area contributed by atoms with Crippen molar-refractivity contribution in [1.82, 2.24) is 4.57 Å². The molecular weight excluding hydrogens is 530 g/mol. The second-order valence-electron chi connectivity index (χ2n) is 11.3. The molecule has 2 heterocycles. The number of aliphatic hydroxyl groups excluding tert-OH is 1. The average Bonchev–Trinajstić information content (AvgIpc) is 3.55. The minimum absolute atomic E-state index is 0.0481. The predicted molar refractivity (Wildman–Crippen MR) is 145 cm³/mol. The SMILES string of the molecule is CC12CCN(c3cc(NS(=O)(=O)CCO)ccc3C(=O)Nc3cccn(C4CCC(F)(F)CC4)c3=O)CC1C2. The molecule has 1 aliphatic heterocycles. The van der Waals surface area contributed by atoms with Gasteiger partial charge in [0.1, 0.15) is 5.69 Å². The number of benzene rings is 1. The first-order chi connectivity index (χ1) is 18.4. The first-order valence-corrected chi connectivity index (χ1v) is 15.0. The summed E-state index contributed by atoms with van der Waals surface area (Å²) in [7, 11) is -3.76. The lowest BCUT2D eigenvalue weighted by molar-refractivity contribution is -0.0442. The molecule has 9 nitrogen and oxygen atoms in total. The Morgan fingerprint density at radius 3 is 2.62 bits per heavy atom. The van der Waals surface area contributed by atoms with Gasteiger partial charge in [0.05, 0.1) is 29.3 Å². The van der Waals surface area contributed by atoms with Crippen LogP contribution in [0.15, 0.2) is 41.3 Å². The molecule has 1 amide bonds. The summed E-state index contributed by atoms with van der Waals surface area (Å²) in [4.78, 5) is 28.8. The van der Waals surface area contributed by atoms with Crippen LogP contribution in [-0.2, 0) is 10.0 Å². The molecule has 5 rings (SSSR count). The van der Waals surface area contributed by atoms with Crippen LogP contribution in [0.25, 0.3) is 0 Å². The molecule has 212 valence electrons. The molecule has 2 saturated carbocycles. The van der Waals surface area contributed by atoms with Crippen molar-refractivity contribution in [2.45, 2.75) is 57.4 Å². The molecule has 12 heteroatoms. The molecule has 3 N–H and O–H groups in total. The Morgan fingerprint density at radius 1 is 1.18 bits per heavy atom. The number of nitrogens with one attached hydrogen (secondary N) is 2. The van der Waals surface area contributed by atoms with Crippen LogP contribution in [0.2, 0.25) is 0 Å².